The lowest BCUT2D eigenvalue weighted by atomic mass is 9.97. The van der Waals surface area contributed by atoms with E-state index < -0.39 is 10.0 Å². The number of methoxy groups -OCH3 is 3. The second kappa shape index (κ2) is 10.5. The first-order valence-electron chi connectivity index (χ1n) is 13.2. The number of H-pyrrole nitrogens is 1. The van der Waals surface area contributed by atoms with Gasteiger partial charge in [-0.15, -0.1) is 0 Å². The molecular weight excluding hydrogens is 536 g/mol. The molecule has 2 aromatic heterocycles. The second-order valence-electron chi connectivity index (χ2n) is 10.1. The van der Waals surface area contributed by atoms with Crippen LogP contribution in [0, 0.1) is 0 Å². The van der Waals surface area contributed by atoms with Crippen molar-refractivity contribution in [3.05, 3.63) is 41.6 Å². The number of sulfonamides is 1. The maximum atomic E-state index is 13.7. The fourth-order valence-electron chi connectivity index (χ4n) is 5.13. The van der Waals surface area contributed by atoms with Crippen molar-refractivity contribution in [3.63, 3.8) is 0 Å². The molecule has 4 N–H and O–H groups in total. The molecule has 0 amide bonds. The van der Waals surface area contributed by atoms with E-state index in [1.165, 1.54) is 21.3 Å². The molecule has 40 heavy (non-hydrogen) atoms. The molecule has 0 radical (unpaired) electrons. The molecule has 2 fully saturated rings. The van der Waals surface area contributed by atoms with Crippen molar-refractivity contribution in [2.45, 2.75) is 49.0 Å². The zero-order valence-electron chi connectivity index (χ0n) is 22.5. The summed E-state index contributed by atoms with van der Waals surface area (Å²) >= 11 is 0. The SMILES string of the molecule is COc1cc2c(NS(=O)(=O)c3c(OC)cc(C4CCCCN4)cc3OC)noc2cc1Nc1cc(C2CC2)[nH]n1. The fourth-order valence-corrected chi connectivity index (χ4v) is 6.45. The van der Waals surface area contributed by atoms with Crippen molar-refractivity contribution >= 4 is 38.3 Å². The van der Waals surface area contributed by atoms with E-state index in [1.54, 1.807) is 24.3 Å². The summed E-state index contributed by atoms with van der Waals surface area (Å²) in [5.41, 5.74) is 2.96. The van der Waals surface area contributed by atoms with Gasteiger partial charge in [0.2, 0.25) is 0 Å². The van der Waals surface area contributed by atoms with Crippen LogP contribution in [0.1, 0.15) is 55.3 Å². The van der Waals surface area contributed by atoms with Gasteiger partial charge in [-0.05, 0) is 56.0 Å². The third-order valence-corrected chi connectivity index (χ3v) is 8.77. The predicted molar refractivity (Wildman–Crippen MR) is 149 cm³/mol. The van der Waals surface area contributed by atoms with Crippen molar-refractivity contribution in [2.24, 2.45) is 0 Å². The molecule has 1 atom stereocenters. The minimum atomic E-state index is -4.20. The summed E-state index contributed by atoms with van der Waals surface area (Å²) in [4.78, 5) is -0.122. The van der Waals surface area contributed by atoms with Gasteiger partial charge in [0.1, 0.15) is 17.2 Å². The number of nitrogens with zero attached hydrogens (tertiary/aromatic N) is 2. The summed E-state index contributed by atoms with van der Waals surface area (Å²) in [6.45, 7) is 0.903. The molecule has 4 aromatic rings. The molecule has 0 spiro atoms. The van der Waals surface area contributed by atoms with Crippen LogP contribution in [-0.2, 0) is 10.0 Å². The maximum absolute atomic E-state index is 13.7. The third-order valence-electron chi connectivity index (χ3n) is 7.37. The number of benzene rings is 2. The molecule has 13 heteroatoms. The Morgan fingerprint density at radius 2 is 1.70 bits per heavy atom. The Morgan fingerprint density at radius 3 is 2.35 bits per heavy atom. The van der Waals surface area contributed by atoms with Gasteiger partial charge in [-0.1, -0.05) is 11.6 Å². The van der Waals surface area contributed by atoms with Gasteiger partial charge in [-0.3, -0.25) is 9.82 Å². The molecule has 1 aliphatic carbocycles. The summed E-state index contributed by atoms with van der Waals surface area (Å²) in [5, 5.41) is 18.5. The monoisotopic (exact) mass is 568 g/mol. The Bertz CT molecular complexity index is 1610. The van der Waals surface area contributed by atoms with Crippen LogP contribution in [0.4, 0.5) is 17.3 Å². The Kier molecular flexibility index (Phi) is 6.92. The highest BCUT2D eigenvalue weighted by atomic mass is 32.2. The average Bonchev–Trinajstić information content (AvgIpc) is 3.61. The summed E-state index contributed by atoms with van der Waals surface area (Å²) in [6.07, 6.45) is 5.47. The lowest BCUT2D eigenvalue weighted by Crippen LogP contribution is -2.27. The van der Waals surface area contributed by atoms with Gasteiger partial charge < -0.3 is 29.4 Å². The molecule has 2 aliphatic rings. The topological polar surface area (TPSA) is 153 Å². The highest BCUT2D eigenvalue weighted by Gasteiger charge is 2.30. The van der Waals surface area contributed by atoms with Gasteiger partial charge in [0, 0.05) is 29.8 Å². The highest BCUT2D eigenvalue weighted by Crippen LogP contribution is 2.42. The van der Waals surface area contributed by atoms with Gasteiger partial charge in [0.05, 0.1) is 32.4 Å². The number of ether oxygens (including phenoxy) is 3. The van der Waals surface area contributed by atoms with Gasteiger partial charge in [-0.2, -0.15) is 5.10 Å². The van der Waals surface area contributed by atoms with Crippen molar-refractivity contribution in [3.8, 4) is 17.2 Å². The number of rotatable bonds is 10. The van der Waals surface area contributed by atoms with Gasteiger partial charge in [0.25, 0.3) is 10.0 Å². The number of aromatic amines is 1. The Balaban J connectivity index is 1.31. The van der Waals surface area contributed by atoms with E-state index >= 15 is 0 Å². The first kappa shape index (κ1) is 26.3. The van der Waals surface area contributed by atoms with E-state index in [0.29, 0.717) is 34.1 Å². The van der Waals surface area contributed by atoms with E-state index in [-0.39, 0.29) is 28.3 Å². The third kappa shape index (κ3) is 5.02. The summed E-state index contributed by atoms with van der Waals surface area (Å²) < 4.78 is 52.1. The van der Waals surface area contributed by atoms with Crippen molar-refractivity contribution in [2.75, 3.05) is 37.9 Å². The molecule has 212 valence electrons. The molecule has 2 aromatic carbocycles. The average molecular weight is 569 g/mol. The van der Waals surface area contributed by atoms with Crippen LogP contribution < -0.4 is 29.6 Å². The minimum Gasteiger partial charge on any atom is -0.495 e. The van der Waals surface area contributed by atoms with E-state index in [2.05, 4.69) is 30.7 Å². The van der Waals surface area contributed by atoms with Crippen LogP contribution in [0.2, 0.25) is 0 Å². The standard InChI is InChI=1S/C27H32N6O6S/c1-36-22-12-17-21(13-20(22)29-25-14-19(30-31-25)15-7-8-15)39-32-27(17)33-40(34,35)26-23(37-2)10-16(11-24(26)38-3)18-6-4-5-9-28-18/h10-15,18,28H,4-9H2,1-3H3,(H,32,33)(H2,29,30,31). The van der Waals surface area contributed by atoms with Crippen LogP contribution in [0.5, 0.6) is 17.2 Å². The maximum Gasteiger partial charge on any atom is 0.270 e. The van der Waals surface area contributed by atoms with Crippen LogP contribution in [-0.4, -0.2) is 51.6 Å². The first-order valence-corrected chi connectivity index (χ1v) is 14.7. The van der Waals surface area contributed by atoms with Crippen LogP contribution in [0.15, 0.2) is 39.8 Å². The fraction of sp³-hybridized carbons (Fsp3) is 0.407. The van der Waals surface area contributed by atoms with E-state index in [9.17, 15) is 8.42 Å². The molecule has 1 aliphatic heterocycles. The van der Waals surface area contributed by atoms with Gasteiger partial charge in [-0.25, -0.2) is 8.42 Å². The molecule has 12 nitrogen and oxygen atoms in total. The molecule has 1 saturated heterocycles. The molecule has 0 bridgehead atoms. The van der Waals surface area contributed by atoms with Crippen LogP contribution in [0.25, 0.3) is 11.0 Å². The van der Waals surface area contributed by atoms with E-state index in [0.717, 1.165) is 49.9 Å². The number of nitrogens with one attached hydrogen (secondary N) is 4. The Labute approximate surface area is 231 Å². The number of aromatic nitrogens is 3. The molecule has 6 rings (SSSR count). The molecular formula is C27H32N6O6S. The van der Waals surface area contributed by atoms with Crippen molar-refractivity contribution < 1.29 is 27.2 Å². The summed E-state index contributed by atoms with van der Waals surface area (Å²) in [6, 6.07) is 8.90. The number of hydrogen-bond donors (Lipinski definition) is 4. The molecule has 1 unspecified atom stereocenters. The van der Waals surface area contributed by atoms with Gasteiger partial charge in [0.15, 0.2) is 22.1 Å². The number of piperidine rings is 1. The molecule has 3 heterocycles. The lowest BCUT2D eigenvalue weighted by Gasteiger charge is -2.25. The number of anilines is 3. The van der Waals surface area contributed by atoms with Crippen molar-refractivity contribution in [1.29, 1.82) is 0 Å². The summed E-state index contributed by atoms with van der Waals surface area (Å²) in [7, 11) is 0.200. The van der Waals surface area contributed by atoms with Gasteiger partial charge >= 0.3 is 0 Å². The predicted octanol–water partition coefficient (Wildman–Crippen LogP) is 4.81. The smallest absolute Gasteiger partial charge is 0.270 e. The van der Waals surface area contributed by atoms with Crippen molar-refractivity contribution in [1.82, 2.24) is 20.7 Å². The van der Waals surface area contributed by atoms with E-state index in [4.69, 9.17) is 18.7 Å². The zero-order chi connectivity index (χ0) is 27.9. The number of fused-ring (bicyclic) bond motifs is 1. The quantitative estimate of drug-likeness (QED) is 0.210. The van der Waals surface area contributed by atoms with Crippen LogP contribution >= 0.6 is 0 Å². The Morgan fingerprint density at radius 1 is 0.950 bits per heavy atom. The number of hydrogen-bond acceptors (Lipinski definition) is 10. The summed E-state index contributed by atoms with van der Waals surface area (Å²) in [5.74, 6) is 2.01. The largest absolute Gasteiger partial charge is 0.495 e. The van der Waals surface area contributed by atoms with E-state index in [1.807, 2.05) is 6.07 Å². The van der Waals surface area contributed by atoms with Crippen LogP contribution in [0.3, 0.4) is 0 Å². The molecule has 1 saturated carbocycles. The highest BCUT2D eigenvalue weighted by molar-refractivity contribution is 7.93. The normalized spacial score (nSPS) is 17.5. The lowest BCUT2D eigenvalue weighted by molar-refractivity contribution is 0.366. The zero-order valence-corrected chi connectivity index (χ0v) is 23.4. The second-order valence-corrected chi connectivity index (χ2v) is 11.7. The first-order chi connectivity index (χ1) is 19.4. The minimum absolute atomic E-state index is 0.0118. The Hall–Kier alpha value is -3.97.